The van der Waals surface area contributed by atoms with Gasteiger partial charge in [0.15, 0.2) is 0 Å². The van der Waals surface area contributed by atoms with Crippen molar-refractivity contribution in [2.75, 3.05) is 6.61 Å². The van der Waals surface area contributed by atoms with E-state index in [4.69, 9.17) is 4.74 Å². The van der Waals surface area contributed by atoms with Crippen LogP contribution in [0.4, 0.5) is 0 Å². The number of ether oxygens (including phenoxy) is 1. The number of carbonyl (C=O) groups excluding carboxylic acids is 1. The monoisotopic (exact) mass is 212 g/mol. The van der Waals surface area contributed by atoms with Crippen LogP contribution in [0.25, 0.3) is 0 Å². The Labute approximate surface area is 93.7 Å². The molecule has 0 aliphatic carbocycles. The van der Waals surface area contributed by atoms with Gasteiger partial charge in [-0.2, -0.15) is 0 Å². The van der Waals surface area contributed by atoms with E-state index < -0.39 is 0 Å². The number of allylic oxidation sites excluding steroid dienone is 2. The molecule has 0 radical (unpaired) electrons. The third-order valence-electron chi connectivity index (χ3n) is 2.68. The van der Waals surface area contributed by atoms with Crippen LogP contribution in [0.3, 0.4) is 0 Å². The first-order valence-electron chi connectivity index (χ1n) is 5.87. The molecule has 0 unspecified atom stereocenters. The maximum absolute atomic E-state index is 11.7. The van der Waals surface area contributed by atoms with Gasteiger partial charge in [0.1, 0.15) is 0 Å². The molecule has 0 aliphatic heterocycles. The van der Waals surface area contributed by atoms with Gasteiger partial charge in [-0.15, -0.1) is 0 Å². The molecule has 0 saturated heterocycles. The van der Waals surface area contributed by atoms with Gasteiger partial charge in [0.05, 0.1) is 12.5 Å². The Morgan fingerprint density at radius 3 is 2.27 bits per heavy atom. The van der Waals surface area contributed by atoms with Crippen LogP contribution in [-0.2, 0) is 9.53 Å². The number of hydrogen-bond donors (Lipinski definition) is 0. The second-order valence-electron chi connectivity index (χ2n) is 4.11. The first-order valence-corrected chi connectivity index (χ1v) is 5.87. The molecule has 0 aromatic carbocycles. The van der Waals surface area contributed by atoms with E-state index in [1.807, 2.05) is 26.8 Å². The van der Waals surface area contributed by atoms with Crippen molar-refractivity contribution in [3.8, 4) is 0 Å². The molecule has 2 nitrogen and oxygen atoms in total. The third-order valence-corrected chi connectivity index (χ3v) is 2.68. The Morgan fingerprint density at radius 1 is 1.33 bits per heavy atom. The first-order chi connectivity index (χ1) is 7.08. The lowest BCUT2D eigenvalue weighted by atomic mass is 9.81. The standard InChI is InChI=1S/C13H24O2/c1-6-9-12(10(4)5)11(7-2)13(14)15-8-3/h6,9-12H,7-8H2,1-5H3/b9-6+/t11-,12+/m0/s1. The maximum Gasteiger partial charge on any atom is 0.309 e. The summed E-state index contributed by atoms with van der Waals surface area (Å²) in [4.78, 5) is 11.7. The molecule has 88 valence electrons. The number of rotatable bonds is 6. The highest BCUT2D eigenvalue weighted by Gasteiger charge is 2.27. The Bertz CT molecular complexity index is 207. The highest BCUT2D eigenvalue weighted by molar-refractivity contribution is 5.73. The minimum absolute atomic E-state index is 0.00106. The smallest absolute Gasteiger partial charge is 0.309 e. The Morgan fingerprint density at radius 2 is 1.93 bits per heavy atom. The van der Waals surface area contributed by atoms with E-state index in [2.05, 4.69) is 19.9 Å². The second-order valence-corrected chi connectivity index (χ2v) is 4.11. The van der Waals surface area contributed by atoms with Gasteiger partial charge in [-0.25, -0.2) is 0 Å². The largest absolute Gasteiger partial charge is 0.466 e. The van der Waals surface area contributed by atoms with Crippen molar-refractivity contribution in [2.24, 2.45) is 17.8 Å². The Balaban J connectivity index is 4.65. The summed E-state index contributed by atoms with van der Waals surface area (Å²) >= 11 is 0. The molecule has 0 amide bonds. The Kier molecular flexibility index (Phi) is 7.10. The highest BCUT2D eigenvalue weighted by Crippen LogP contribution is 2.26. The highest BCUT2D eigenvalue weighted by atomic mass is 16.5. The van der Waals surface area contributed by atoms with Crippen LogP contribution in [0.5, 0.6) is 0 Å². The van der Waals surface area contributed by atoms with Gasteiger partial charge in [0, 0.05) is 0 Å². The molecule has 0 aliphatic rings. The summed E-state index contributed by atoms with van der Waals surface area (Å²) in [5.74, 6) is 0.701. The molecule has 0 fully saturated rings. The van der Waals surface area contributed by atoms with E-state index >= 15 is 0 Å². The summed E-state index contributed by atoms with van der Waals surface area (Å²) in [6.07, 6.45) is 4.98. The minimum atomic E-state index is -0.0585. The summed E-state index contributed by atoms with van der Waals surface area (Å²) in [6, 6.07) is 0. The van der Waals surface area contributed by atoms with Gasteiger partial charge in [-0.1, -0.05) is 32.9 Å². The van der Waals surface area contributed by atoms with Crippen molar-refractivity contribution < 1.29 is 9.53 Å². The van der Waals surface area contributed by atoms with E-state index in [-0.39, 0.29) is 11.9 Å². The molecule has 0 heterocycles. The third kappa shape index (κ3) is 4.50. The quantitative estimate of drug-likeness (QED) is 0.498. The topological polar surface area (TPSA) is 26.3 Å². The van der Waals surface area contributed by atoms with Gasteiger partial charge in [-0.3, -0.25) is 4.79 Å². The number of carbonyl (C=O) groups is 1. The summed E-state index contributed by atoms with van der Waals surface area (Å²) in [7, 11) is 0. The SMILES string of the molecule is C/C=C/[C@H](C(C)C)[C@H](CC)C(=O)OCC. The predicted molar refractivity (Wildman–Crippen MR) is 63.6 cm³/mol. The average molecular weight is 212 g/mol. The van der Waals surface area contributed by atoms with Gasteiger partial charge in [-0.05, 0) is 32.1 Å². The summed E-state index contributed by atoms with van der Waals surface area (Å²) in [6.45, 7) is 10.6. The molecule has 0 N–H and O–H groups in total. The summed E-state index contributed by atoms with van der Waals surface area (Å²) in [5, 5.41) is 0. The minimum Gasteiger partial charge on any atom is -0.466 e. The van der Waals surface area contributed by atoms with Crippen molar-refractivity contribution >= 4 is 5.97 Å². The van der Waals surface area contributed by atoms with Crippen LogP contribution < -0.4 is 0 Å². The zero-order valence-corrected chi connectivity index (χ0v) is 10.6. The second kappa shape index (κ2) is 7.49. The lowest BCUT2D eigenvalue weighted by Crippen LogP contribution is -2.27. The fraction of sp³-hybridized carbons (Fsp3) is 0.769. The molecule has 0 bridgehead atoms. The molecule has 0 spiro atoms. The van der Waals surface area contributed by atoms with Crippen molar-refractivity contribution in [3.63, 3.8) is 0 Å². The van der Waals surface area contributed by atoms with E-state index in [0.29, 0.717) is 18.4 Å². The van der Waals surface area contributed by atoms with E-state index in [1.165, 1.54) is 0 Å². The van der Waals surface area contributed by atoms with Crippen molar-refractivity contribution in [2.45, 2.75) is 41.0 Å². The van der Waals surface area contributed by atoms with Crippen LogP contribution in [0.1, 0.15) is 41.0 Å². The average Bonchev–Trinajstić information content (AvgIpc) is 2.18. The van der Waals surface area contributed by atoms with Gasteiger partial charge in [0.2, 0.25) is 0 Å². The van der Waals surface area contributed by atoms with Crippen molar-refractivity contribution in [1.29, 1.82) is 0 Å². The normalized spacial score (nSPS) is 15.6. The molecule has 2 atom stereocenters. The van der Waals surface area contributed by atoms with Gasteiger partial charge >= 0.3 is 5.97 Å². The first kappa shape index (κ1) is 14.2. The van der Waals surface area contributed by atoms with E-state index in [1.54, 1.807) is 0 Å². The van der Waals surface area contributed by atoms with Gasteiger partial charge < -0.3 is 4.74 Å². The lowest BCUT2D eigenvalue weighted by Gasteiger charge is -2.25. The zero-order chi connectivity index (χ0) is 11.8. The zero-order valence-electron chi connectivity index (χ0n) is 10.6. The van der Waals surface area contributed by atoms with E-state index in [0.717, 1.165) is 6.42 Å². The van der Waals surface area contributed by atoms with Crippen LogP contribution in [0.2, 0.25) is 0 Å². The fourth-order valence-electron chi connectivity index (χ4n) is 1.89. The molecule has 0 rings (SSSR count). The van der Waals surface area contributed by atoms with Crippen LogP contribution in [0.15, 0.2) is 12.2 Å². The fourth-order valence-corrected chi connectivity index (χ4v) is 1.89. The van der Waals surface area contributed by atoms with Crippen LogP contribution in [0, 0.1) is 17.8 Å². The lowest BCUT2D eigenvalue weighted by molar-refractivity contribution is -0.150. The Hall–Kier alpha value is -0.790. The summed E-state index contributed by atoms with van der Waals surface area (Å²) < 4.78 is 5.10. The van der Waals surface area contributed by atoms with Crippen LogP contribution in [-0.4, -0.2) is 12.6 Å². The molecule has 2 heteroatoms. The predicted octanol–water partition coefficient (Wildman–Crippen LogP) is 3.42. The molecular formula is C13H24O2. The molecule has 0 aromatic heterocycles. The van der Waals surface area contributed by atoms with E-state index in [9.17, 15) is 4.79 Å². The summed E-state index contributed by atoms with van der Waals surface area (Å²) in [5.41, 5.74) is 0. The molecular weight excluding hydrogens is 188 g/mol. The molecule has 15 heavy (non-hydrogen) atoms. The number of hydrogen-bond acceptors (Lipinski definition) is 2. The van der Waals surface area contributed by atoms with Gasteiger partial charge in [0.25, 0.3) is 0 Å². The maximum atomic E-state index is 11.7. The van der Waals surface area contributed by atoms with Crippen molar-refractivity contribution in [3.05, 3.63) is 12.2 Å². The molecule has 0 aromatic rings. The molecule has 0 saturated carbocycles. The number of esters is 1. The van der Waals surface area contributed by atoms with Crippen molar-refractivity contribution in [1.82, 2.24) is 0 Å². The van der Waals surface area contributed by atoms with Crippen LogP contribution >= 0.6 is 0 Å².